The zero-order chi connectivity index (χ0) is 43.2. The van der Waals surface area contributed by atoms with Gasteiger partial charge in [-0.3, -0.25) is 29.9 Å². The number of fused-ring (bicyclic) bond motifs is 1. The Bertz CT molecular complexity index is 2070. The molecule has 1 unspecified atom stereocenters. The number of carbonyl (C=O) groups excluding carboxylic acids is 4. The summed E-state index contributed by atoms with van der Waals surface area (Å²) in [6.07, 6.45) is 12.2. The molecule has 62 heavy (non-hydrogen) atoms. The van der Waals surface area contributed by atoms with Crippen LogP contribution in [0.15, 0.2) is 48.7 Å². The normalized spacial score (nSPS) is 22.0. The predicted octanol–water partition coefficient (Wildman–Crippen LogP) is 4.25. The number of hydrazine groups is 1. The van der Waals surface area contributed by atoms with Crippen molar-refractivity contribution in [2.24, 2.45) is 5.92 Å². The number of hydrogen-bond acceptors (Lipinski definition) is 14. The Labute approximate surface area is 363 Å². The molecule has 5 heterocycles. The first kappa shape index (κ1) is 43.1. The van der Waals surface area contributed by atoms with Crippen molar-refractivity contribution in [1.82, 2.24) is 30.6 Å². The van der Waals surface area contributed by atoms with E-state index in [-0.39, 0.29) is 48.9 Å². The van der Waals surface area contributed by atoms with Gasteiger partial charge in [-0.15, -0.1) is 0 Å². The van der Waals surface area contributed by atoms with Gasteiger partial charge < -0.3 is 40.5 Å². The molecule has 3 saturated heterocycles. The topological polar surface area (TPSA) is 197 Å². The molecule has 2 aromatic carbocycles. The Balaban J connectivity index is 0.784. The third-order valence-electron chi connectivity index (χ3n) is 13.3. The van der Waals surface area contributed by atoms with Crippen LogP contribution in [0.1, 0.15) is 87.9 Å². The van der Waals surface area contributed by atoms with Crippen molar-refractivity contribution < 1.29 is 29.0 Å². The van der Waals surface area contributed by atoms with Crippen LogP contribution in [0.4, 0.5) is 34.5 Å². The summed E-state index contributed by atoms with van der Waals surface area (Å²) in [5.74, 6) is 1.45. The fourth-order valence-electron chi connectivity index (χ4n) is 9.68. The number of amides is 4. The first-order valence-corrected chi connectivity index (χ1v) is 22.5. The van der Waals surface area contributed by atoms with Crippen LogP contribution in [0.2, 0.25) is 0 Å². The molecule has 6 N–H and O–H groups in total. The summed E-state index contributed by atoms with van der Waals surface area (Å²) in [4.78, 5) is 66.0. The molecule has 3 aromatic rings. The van der Waals surface area contributed by atoms with Gasteiger partial charge in [0.2, 0.25) is 23.7 Å². The van der Waals surface area contributed by atoms with E-state index in [9.17, 15) is 24.3 Å². The number of nitrogens with one attached hydrogen (secondary N) is 5. The van der Waals surface area contributed by atoms with Gasteiger partial charge in [0.1, 0.15) is 30.1 Å². The Kier molecular flexibility index (Phi) is 13.7. The van der Waals surface area contributed by atoms with E-state index in [0.29, 0.717) is 53.4 Å². The monoisotopic (exact) mass is 851 g/mol. The maximum Gasteiger partial charge on any atom is 0.265 e. The highest BCUT2D eigenvalue weighted by Gasteiger charge is 2.40. The van der Waals surface area contributed by atoms with Gasteiger partial charge in [-0.2, -0.15) is 4.98 Å². The van der Waals surface area contributed by atoms with Crippen LogP contribution >= 0.6 is 0 Å². The van der Waals surface area contributed by atoms with Gasteiger partial charge >= 0.3 is 0 Å². The number of hydrogen-bond donors (Lipinski definition) is 6. The molecule has 17 nitrogen and oxygen atoms in total. The summed E-state index contributed by atoms with van der Waals surface area (Å²) in [7, 11) is 1.76. The van der Waals surface area contributed by atoms with E-state index >= 15 is 0 Å². The smallest absolute Gasteiger partial charge is 0.265 e. The molecule has 0 spiro atoms. The van der Waals surface area contributed by atoms with E-state index in [1.54, 1.807) is 36.3 Å². The molecule has 1 saturated carbocycles. The minimum atomic E-state index is -0.390. The number of nitrogens with zero attached hydrogens (tertiary/aromatic N) is 6. The zero-order valence-electron chi connectivity index (χ0n) is 35.9. The molecular formula is C45H61N11O6. The van der Waals surface area contributed by atoms with Crippen LogP contribution in [-0.2, 0) is 14.4 Å². The molecular weight excluding hydrogens is 791 g/mol. The van der Waals surface area contributed by atoms with Gasteiger partial charge in [-0.05, 0) is 120 Å². The van der Waals surface area contributed by atoms with Crippen LogP contribution in [0.5, 0.6) is 5.75 Å². The molecule has 4 aliphatic heterocycles. The average Bonchev–Trinajstić information content (AvgIpc) is 3.82. The van der Waals surface area contributed by atoms with Gasteiger partial charge in [-0.1, -0.05) is 12.8 Å². The number of anilines is 6. The Morgan fingerprint density at radius 3 is 2.39 bits per heavy atom. The maximum atomic E-state index is 13.5. The fourth-order valence-corrected chi connectivity index (χ4v) is 9.68. The third kappa shape index (κ3) is 10.1. The summed E-state index contributed by atoms with van der Waals surface area (Å²) in [5.41, 5.74) is 6.69. The van der Waals surface area contributed by atoms with E-state index < -0.39 is 6.04 Å². The number of imide groups is 1. The van der Waals surface area contributed by atoms with Crippen molar-refractivity contribution in [3.8, 4) is 5.75 Å². The summed E-state index contributed by atoms with van der Waals surface area (Å²) in [6.45, 7) is 6.41. The number of carbonyl (C=O) groups is 4. The number of likely N-dealkylation sites (N-methyl/N-ethyl adjacent to an activating group) is 1. The van der Waals surface area contributed by atoms with Gasteiger partial charge in [0.05, 0.1) is 18.5 Å². The summed E-state index contributed by atoms with van der Waals surface area (Å²) >= 11 is 0. The number of aliphatic hydroxyl groups is 1. The molecule has 0 bridgehead atoms. The standard InChI is InChI=1S/C45H61N11O6/c1-29-44(61)53(2)38-28-47-45(51-41(38)56(29)35-5-3-4-6-35)49-36-12-7-31(27-39(36)62-26-25-57)42(59)52-55-23-18-34(19-24-55)54-21-16-30(17-22-54)15-20-46-32-8-10-33(11-9-32)48-37-13-14-40(58)50-43(37)60/h7-12,27-30,34-35,37,46,48,57H,3-6,13-26H2,1-2H3,(H,52,59)(H,47,49,51)(H,50,58,60)/t29-,37?/m1/s1. The minimum Gasteiger partial charge on any atom is -0.489 e. The van der Waals surface area contributed by atoms with Crippen molar-refractivity contribution in [2.75, 3.05) is 78.7 Å². The van der Waals surface area contributed by atoms with Crippen molar-refractivity contribution in [3.05, 3.63) is 54.2 Å². The highest BCUT2D eigenvalue weighted by molar-refractivity contribution is 6.04. The number of ether oxygens (including phenoxy) is 1. The lowest BCUT2D eigenvalue weighted by Gasteiger charge is -2.42. The second kappa shape index (κ2) is 19.7. The SMILES string of the molecule is C[C@@H]1C(=O)N(C)c2cnc(Nc3ccc(C(=O)NN4CCC(N5CCC(CCNc6ccc(NC7CCC(=O)NC7=O)cc6)CC5)CC4)cc3OCCO)nc2N1C1CCCC1. The van der Waals surface area contributed by atoms with Gasteiger partial charge in [0.25, 0.3) is 5.91 Å². The quantitative estimate of drug-likeness (QED) is 0.119. The van der Waals surface area contributed by atoms with Crippen molar-refractivity contribution >= 4 is 58.1 Å². The van der Waals surface area contributed by atoms with Crippen LogP contribution in [0.25, 0.3) is 0 Å². The zero-order valence-corrected chi connectivity index (χ0v) is 35.9. The summed E-state index contributed by atoms with van der Waals surface area (Å²) in [5, 5.41) is 24.0. The highest BCUT2D eigenvalue weighted by Crippen LogP contribution is 2.40. The minimum absolute atomic E-state index is 0.0225. The number of benzene rings is 2. The summed E-state index contributed by atoms with van der Waals surface area (Å²) in [6, 6.07) is 13.2. The third-order valence-corrected chi connectivity index (χ3v) is 13.3. The Hall–Kier alpha value is -5.52. The molecule has 4 fully saturated rings. The second-order valence-corrected chi connectivity index (χ2v) is 17.3. The molecule has 332 valence electrons. The number of likely N-dealkylation sites (tertiary alicyclic amines) is 1. The maximum absolute atomic E-state index is 13.5. The lowest BCUT2D eigenvalue weighted by Crippen LogP contribution is -2.54. The number of aromatic nitrogens is 2. The van der Waals surface area contributed by atoms with Gasteiger partial charge in [-0.25, -0.2) is 9.99 Å². The molecule has 1 aliphatic carbocycles. The van der Waals surface area contributed by atoms with Crippen molar-refractivity contribution in [1.29, 1.82) is 0 Å². The molecule has 4 amide bonds. The van der Waals surface area contributed by atoms with E-state index in [2.05, 4.69) is 41.5 Å². The second-order valence-electron chi connectivity index (χ2n) is 17.3. The Morgan fingerprint density at radius 2 is 1.66 bits per heavy atom. The highest BCUT2D eigenvalue weighted by atomic mass is 16.5. The summed E-state index contributed by atoms with van der Waals surface area (Å²) < 4.78 is 5.91. The Morgan fingerprint density at radius 1 is 0.919 bits per heavy atom. The van der Waals surface area contributed by atoms with E-state index in [1.165, 1.54) is 12.8 Å². The largest absolute Gasteiger partial charge is 0.489 e. The van der Waals surface area contributed by atoms with E-state index in [1.807, 2.05) is 36.2 Å². The van der Waals surface area contributed by atoms with E-state index in [0.717, 1.165) is 94.9 Å². The molecule has 2 atom stereocenters. The lowest BCUT2D eigenvalue weighted by molar-refractivity contribution is -0.133. The first-order chi connectivity index (χ1) is 30.1. The lowest BCUT2D eigenvalue weighted by atomic mass is 9.91. The van der Waals surface area contributed by atoms with Crippen molar-refractivity contribution in [3.63, 3.8) is 0 Å². The van der Waals surface area contributed by atoms with Gasteiger partial charge in [0.15, 0.2) is 5.82 Å². The van der Waals surface area contributed by atoms with Crippen LogP contribution in [0, 0.1) is 5.92 Å². The van der Waals surface area contributed by atoms with Crippen LogP contribution < -0.4 is 41.2 Å². The molecule has 5 aliphatic rings. The molecule has 0 radical (unpaired) electrons. The number of rotatable bonds is 15. The molecule has 1 aromatic heterocycles. The first-order valence-electron chi connectivity index (χ1n) is 22.5. The number of aliphatic hydroxyl groups excluding tert-OH is 1. The van der Waals surface area contributed by atoms with Crippen LogP contribution in [0.3, 0.4) is 0 Å². The predicted molar refractivity (Wildman–Crippen MR) is 238 cm³/mol. The molecule has 17 heteroatoms. The van der Waals surface area contributed by atoms with Crippen molar-refractivity contribution in [2.45, 2.75) is 102 Å². The van der Waals surface area contributed by atoms with Crippen LogP contribution in [-0.4, -0.2) is 126 Å². The van der Waals surface area contributed by atoms with E-state index in [4.69, 9.17) is 9.72 Å². The average molecular weight is 852 g/mol. The fraction of sp³-hybridized carbons (Fsp3) is 0.556. The van der Waals surface area contributed by atoms with Gasteiger partial charge in [0, 0.05) is 62.1 Å². The molecule has 8 rings (SSSR count). The number of piperidine rings is 3.